The quantitative estimate of drug-likeness (QED) is 0.909. The first kappa shape index (κ1) is 14.9. The van der Waals surface area contributed by atoms with Gasteiger partial charge in [-0.05, 0) is 39.4 Å². The van der Waals surface area contributed by atoms with Crippen LogP contribution in [0, 0.1) is 0 Å². The summed E-state index contributed by atoms with van der Waals surface area (Å²) >= 11 is 0. The van der Waals surface area contributed by atoms with Gasteiger partial charge in [0.15, 0.2) is 5.82 Å². The fraction of sp³-hybridized carbons (Fsp3) is 0.867. The molecule has 0 spiro atoms. The molecule has 0 unspecified atom stereocenters. The van der Waals surface area contributed by atoms with Crippen molar-refractivity contribution in [3.8, 4) is 0 Å². The zero-order valence-electron chi connectivity index (χ0n) is 13.2. The van der Waals surface area contributed by atoms with Gasteiger partial charge in [-0.25, -0.2) is 0 Å². The molecule has 6 nitrogen and oxygen atoms in total. The predicted molar refractivity (Wildman–Crippen MR) is 79.0 cm³/mol. The van der Waals surface area contributed by atoms with Crippen LogP contribution in [-0.4, -0.2) is 63.9 Å². The third kappa shape index (κ3) is 3.12. The van der Waals surface area contributed by atoms with Crippen LogP contribution in [0.5, 0.6) is 0 Å². The number of β-amino-alcohol motifs (C(OH)–C–C–N with tert-alkyl or cyclic N) is 1. The first-order chi connectivity index (χ1) is 10.0. The van der Waals surface area contributed by atoms with E-state index in [1.807, 2.05) is 0 Å². The van der Waals surface area contributed by atoms with E-state index in [0.29, 0.717) is 18.4 Å². The summed E-state index contributed by atoms with van der Waals surface area (Å²) in [6, 6.07) is 0.589. The molecule has 2 aliphatic heterocycles. The third-order valence-electron chi connectivity index (χ3n) is 4.73. The Labute approximate surface area is 126 Å². The zero-order chi connectivity index (χ0) is 15.0. The lowest BCUT2D eigenvalue weighted by Gasteiger charge is -2.37. The molecule has 3 rings (SSSR count). The largest absolute Gasteiger partial charge is 0.392 e. The number of aliphatic hydroxyl groups excluding tert-OH is 1. The molecule has 0 amide bonds. The standard InChI is InChI=1S/C15H26N4O2/c1-10(2)14-16-15(21-17-14)13-8-12(20)9-19(13)11-4-6-18(3)7-5-11/h10-13,20H,4-9H2,1-3H3/t12-,13+/m1/s1. The van der Waals surface area contributed by atoms with E-state index in [0.717, 1.165) is 38.3 Å². The van der Waals surface area contributed by atoms with Crippen LogP contribution in [0.15, 0.2) is 4.52 Å². The molecule has 1 aromatic rings. The highest BCUT2D eigenvalue weighted by Crippen LogP contribution is 2.35. The smallest absolute Gasteiger partial charge is 0.244 e. The minimum absolute atomic E-state index is 0.0772. The van der Waals surface area contributed by atoms with Crippen LogP contribution in [0.2, 0.25) is 0 Å². The van der Waals surface area contributed by atoms with E-state index in [4.69, 9.17) is 4.52 Å². The molecule has 1 N–H and O–H groups in total. The summed E-state index contributed by atoms with van der Waals surface area (Å²) in [5, 5.41) is 14.2. The molecule has 6 heteroatoms. The monoisotopic (exact) mass is 294 g/mol. The van der Waals surface area contributed by atoms with Gasteiger partial charge in [-0.2, -0.15) is 4.98 Å². The Balaban J connectivity index is 1.75. The molecule has 0 radical (unpaired) electrons. The second kappa shape index (κ2) is 6.02. The number of aromatic nitrogens is 2. The van der Waals surface area contributed by atoms with Crippen molar-refractivity contribution in [3.63, 3.8) is 0 Å². The van der Waals surface area contributed by atoms with E-state index < -0.39 is 0 Å². The van der Waals surface area contributed by atoms with Gasteiger partial charge >= 0.3 is 0 Å². The summed E-state index contributed by atoms with van der Waals surface area (Å²) in [5.74, 6) is 1.70. The molecule has 0 aliphatic carbocycles. The highest BCUT2D eigenvalue weighted by molar-refractivity contribution is 5.02. The molecule has 2 saturated heterocycles. The van der Waals surface area contributed by atoms with Gasteiger partial charge in [0.2, 0.25) is 5.89 Å². The lowest BCUT2D eigenvalue weighted by atomic mass is 10.0. The molecule has 0 aromatic carbocycles. The Morgan fingerprint density at radius 1 is 1.29 bits per heavy atom. The summed E-state index contributed by atoms with van der Waals surface area (Å²) in [6.07, 6.45) is 2.70. The second-order valence-corrected chi connectivity index (χ2v) is 6.78. The van der Waals surface area contributed by atoms with Crippen molar-refractivity contribution in [1.82, 2.24) is 19.9 Å². The maximum Gasteiger partial charge on any atom is 0.244 e. The van der Waals surface area contributed by atoms with Gasteiger partial charge in [-0.3, -0.25) is 4.90 Å². The predicted octanol–water partition coefficient (Wildman–Crippen LogP) is 1.39. The van der Waals surface area contributed by atoms with Crippen LogP contribution in [0.3, 0.4) is 0 Å². The molecular weight excluding hydrogens is 268 g/mol. The maximum atomic E-state index is 10.1. The van der Waals surface area contributed by atoms with Crippen molar-refractivity contribution in [2.24, 2.45) is 0 Å². The van der Waals surface area contributed by atoms with Crippen molar-refractivity contribution in [3.05, 3.63) is 11.7 Å². The summed E-state index contributed by atoms with van der Waals surface area (Å²) in [7, 11) is 2.17. The summed E-state index contributed by atoms with van der Waals surface area (Å²) in [5.41, 5.74) is 0. The number of nitrogens with zero attached hydrogens (tertiary/aromatic N) is 4. The Morgan fingerprint density at radius 2 is 2.00 bits per heavy atom. The fourth-order valence-corrected chi connectivity index (χ4v) is 3.43. The van der Waals surface area contributed by atoms with E-state index in [2.05, 4.69) is 40.8 Å². The molecule has 1 aromatic heterocycles. The minimum atomic E-state index is -0.288. The van der Waals surface area contributed by atoms with E-state index >= 15 is 0 Å². The molecule has 0 saturated carbocycles. The van der Waals surface area contributed by atoms with Crippen molar-refractivity contribution in [1.29, 1.82) is 0 Å². The van der Waals surface area contributed by atoms with Gasteiger partial charge in [0.1, 0.15) is 0 Å². The normalized spacial score (nSPS) is 29.6. The summed E-state index contributed by atoms with van der Waals surface area (Å²) in [4.78, 5) is 9.29. The second-order valence-electron chi connectivity index (χ2n) is 6.78. The molecular formula is C15H26N4O2. The summed E-state index contributed by atoms with van der Waals surface area (Å²) < 4.78 is 5.48. The molecule has 21 heavy (non-hydrogen) atoms. The molecule has 2 fully saturated rings. The van der Waals surface area contributed by atoms with Crippen LogP contribution >= 0.6 is 0 Å². The van der Waals surface area contributed by atoms with E-state index in [1.54, 1.807) is 0 Å². The van der Waals surface area contributed by atoms with Gasteiger partial charge in [0.05, 0.1) is 12.1 Å². The lowest BCUT2D eigenvalue weighted by Crippen LogP contribution is -2.43. The number of rotatable bonds is 3. The number of likely N-dealkylation sites (tertiary alicyclic amines) is 2. The number of hydrogen-bond acceptors (Lipinski definition) is 6. The van der Waals surface area contributed by atoms with Gasteiger partial charge in [-0.1, -0.05) is 19.0 Å². The SMILES string of the molecule is CC(C)c1noc([C@@H]2C[C@@H](O)CN2C2CCN(C)CC2)n1. The van der Waals surface area contributed by atoms with Crippen LogP contribution < -0.4 is 0 Å². The van der Waals surface area contributed by atoms with E-state index in [9.17, 15) is 5.11 Å². The first-order valence-corrected chi connectivity index (χ1v) is 8.00. The topological polar surface area (TPSA) is 65.6 Å². The Kier molecular flexibility index (Phi) is 4.28. The molecule has 118 valence electrons. The highest BCUT2D eigenvalue weighted by Gasteiger charge is 2.40. The third-order valence-corrected chi connectivity index (χ3v) is 4.73. The molecule has 0 bridgehead atoms. The van der Waals surface area contributed by atoms with Crippen molar-refractivity contribution in [2.75, 3.05) is 26.7 Å². The lowest BCUT2D eigenvalue weighted by molar-refractivity contribution is 0.0880. The van der Waals surface area contributed by atoms with Gasteiger partial charge in [0, 0.05) is 18.5 Å². The number of hydrogen-bond donors (Lipinski definition) is 1. The van der Waals surface area contributed by atoms with Crippen molar-refractivity contribution < 1.29 is 9.63 Å². The maximum absolute atomic E-state index is 10.1. The van der Waals surface area contributed by atoms with Crippen molar-refractivity contribution in [2.45, 2.75) is 57.2 Å². The van der Waals surface area contributed by atoms with Crippen LogP contribution in [0.1, 0.15) is 56.8 Å². The Bertz CT molecular complexity index is 468. The molecule has 3 heterocycles. The zero-order valence-corrected chi connectivity index (χ0v) is 13.2. The van der Waals surface area contributed by atoms with Crippen LogP contribution in [0.4, 0.5) is 0 Å². The fourth-order valence-electron chi connectivity index (χ4n) is 3.43. The highest BCUT2D eigenvalue weighted by atomic mass is 16.5. The molecule has 2 aliphatic rings. The number of aliphatic hydroxyl groups is 1. The van der Waals surface area contributed by atoms with Gasteiger partial charge in [0.25, 0.3) is 0 Å². The first-order valence-electron chi connectivity index (χ1n) is 8.00. The average Bonchev–Trinajstić information content (AvgIpc) is 3.06. The number of piperidine rings is 1. The van der Waals surface area contributed by atoms with Crippen LogP contribution in [-0.2, 0) is 0 Å². The van der Waals surface area contributed by atoms with Crippen molar-refractivity contribution >= 4 is 0 Å². The average molecular weight is 294 g/mol. The Hall–Kier alpha value is -0.980. The van der Waals surface area contributed by atoms with Gasteiger partial charge in [-0.15, -0.1) is 0 Å². The minimum Gasteiger partial charge on any atom is -0.392 e. The van der Waals surface area contributed by atoms with E-state index in [-0.39, 0.29) is 18.1 Å². The molecule has 2 atom stereocenters. The Morgan fingerprint density at radius 3 is 2.62 bits per heavy atom. The van der Waals surface area contributed by atoms with E-state index in [1.165, 1.54) is 0 Å². The summed E-state index contributed by atoms with van der Waals surface area (Å²) in [6.45, 7) is 7.08. The van der Waals surface area contributed by atoms with Gasteiger partial charge < -0.3 is 14.5 Å². The van der Waals surface area contributed by atoms with Crippen LogP contribution in [0.25, 0.3) is 0 Å².